The highest BCUT2D eigenvalue weighted by atomic mass is 19.1. The van der Waals surface area contributed by atoms with E-state index in [2.05, 4.69) is 0 Å². The lowest BCUT2D eigenvalue weighted by Gasteiger charge is -2.43. The van der Waals surface area contributed by atoms with Gasteiger partial charge in [-0.2, -0.15) is 0 Å². The fourth-order valence-electron chi connectivity index (χ4n) is 4.58. The van der Waals surface area contributed by atoms with Crippen LogP contribution < -0.4 is 4.74 Å². The molecular formula is C31H42F2O7. The van der Waals surface area contributed by atoms with E-state index in [1.54, 1.807) is 26.2 Å². The average molecular weight is 565 g/mol. The van der Waals surface area contributed by atoms with Gasteiger partial charge in [-0.1, -0.05) is 44.9 Å². The van der Waals surface area contributed by atoms with Crippen molar-refractivity contribution in [2.75, 3.05) is 33.5 Å². The first kappa shape index (κ1) is 31.8. The third kappa shape index (κ3) is 8.88. The lowest BCUT2D eigenvalue weighted by atomic mass is 9.90. The molecule has 40 heavy (non-hydrogen) atoms. The van der Waals surface area contributed by atoms with Crippen LogP contribution in [0.4, 0.5) is 13.6 Å². The van der Waals surface area contributed by atoms with Gasteiger partial charge in [-0.15, -0.1) is 0 Å². The van der Waals surface area contributed by atoms with Gasteiger partial charge in [0.1, 0.15) is 42.6 Å². The van der Waals surface area contributed by atoms with Gasteiger partial charge in [0.25, 0.3) is 0 Å². The molecule has 1 aliphatic rings. The second kappa shape index (κ2) is 16.5. The number of carbonyl (C=O) groups is 1. The maximum atomic E-state index is 15.9. The largest absolute Gasteiger partial charge is 0.508 e. The molecule has 3 rings (SSSR count). The van der Waals surface area contributed by atoms with Crippen LogP contribution in [-0.4, -0.2) is 64.2 Å². The first-order valence-corrected chi connectivity index (χ1v) is 14.1. The Morgan fingerprint density at radius 1 is 0.925 bits per heavy atom. The van der Waals surface area contributed by atoms with E-state index in [1.165, 1.54) is 6.07 Å². The predicted octanol–water partition coefficient (Wildman–Crippen LogP) is 6.75. The fraction of sp³-hybridized carbons (Fsp3) is 0.581. The molecule has 0 bridgehead atoms. The third-order valence-corrected chi connectivity index (χ3v) is 6.81. The second-order valence-electron chi connectivity index (χ2n) is 9.79. The molecule has 0 aliphatic carbocycles. The van der Waals surface area contributed by atoms with Crippen LogP contribution in [0.25, 0.3) is 0 Å². The quantitative estimate of drug-likeness (QED) is 0.175. The molecule has 5 atom stereocenters. The van der Waals surface area contributed by atoms with Crippen LogP contribution in [0, 0.1) is 5.82 Å². The number of benzene rings is 2. The summed E-state index contributed by atoms with van der Waals surface area (Å²) in [4.78, 5) is 11.8. The Morgan fingerprint density at radius 2 is 1.60 bits per heavy atom. The molecule has 0 N–H and O–H groups in total. The van der Waals surface area contributed by atoms with E-state index < -0.39 is 36.7 Å². The van der Waals surface area contributed by atoms with Crippen LogP contribution in [0.3, 0.4) is 0 Å². The average Bonchev–Trinajstić information content (AvgIpc) is 2.96. The van der Waals surface area contributed by atoms with Gasteiger partial charge in [-0.05, 0) is 60.7 Å². The lowest BCUT2D eigenvalue weighted by Crippen LogP contribution is -2.56. The number of ether oxygens (including phenoxy) is 6. The SMILES string of the molecule is CCCCOC1C(c2ccc(F)c(Cc3ccc(OC)cc3)c2)OC(COC(=O)OCC)C(F)C1OCCCC. The van der Waals surface area contributed by atoms with Crippen LogP contribution in [0.2, 0.25) is 0 Å². The van der Waals surface area contributed by atoms with Crippen LogP contribution in [0.1, 0.15) is 69.2 Å². The van der Waals surface area contributed by atoms with Crippen molar-refractivity contribution in [1.29, 1.82) is 0 Å². The zero-order valence-corrected chi connectivity index (χ0v) is 23.9. The summed E-state index contributed by atoms with van der Waals surface area (Å²) in [6.07, 6.45) is -2.50. The van der Waals surface area contributed by atoms with Crippen LogP contribution in [0.5, 0.6) is 5.75 Å². The predicted molar refractivity (Wildman–Crippen MR) is 147 cm³/mol. The van der Waals surface area contributed by atoms with Gasteiger partial charge in [0.15, 0.2) is 6.17 Å². The first-order chi connectivity index (χ1) is 19.4. The van der Waals surface area contributed by atoms with Crippen molar-refractivity contribution in [2.45, 2.75) is 83.5 Å². The number of alkyl halides is 1. The maximum absolute atomic E-state index is 15.9. The maximum Gasteiger partial charge on any atom is 0.508 e. The van der Waals surface area contributed by atoms with E-state index in [-0.39, 0.29) is 19.0 Å². The monoisotopic (exact) mass is 564 g/mol. The highest BCUT2D eigenvalue weighted by molar-refractivity contribution is 5.59. The van der Waals surface area contributed by atoms with Crippen molar-refractivity contribution in [1.82, 2.24) is 0 Å². The van der Waals surface area contributed by atoms with E-state index in [0.717, 1.165) is 31.2 Å². The number of halogens is 2. The minimum absolute atomic E-state index is 0.134. The highest BCUT2D eigenvalue weighted by Gasteiger charge is 2.49. The van der Waals surface area contributed by atoms with Crippen molar-refractivity contribution >= 4 is 6.16 Å². The van der Waals surface area contributed by atoms with E-state index in [9.17, 15) is 9.18 Å². The summed E-state index contributed by atoms with van der Waals surface area (Å²) >= 11 is 0. The van der Waals surface area contributed by atoms with E-state index in [4.69, 9.17) is 28.4 Å². The van der Waals surface area contributed by atoms with E-state index in [0.29, 0.717) is 36.5 Å². The summed E-state index contributed by atoms with van der Waals surface area (Å²) in [6.45, 7) is 6.24. The zero-order chi connectivity index (χ0) is 28.9. The molecular weight excluding hydrogens is 522 g/mol. The number of carbonyl (C=O) groups excluding carboxylic acids is 1. The molecule has 0 aromatic heterocycles. The molecule has 0 radical (unpaired) electrons. The molecule has 1 fully saturated rings. The Kier molecular flexibility index (Phi) is 13.1. The molecule has 1 heterocycles. The fourth-order valence-corrected chi connectivity index (χ4v) is 4.58. The summed E-state index contributed by atoms with van der Waals surface area (Å²) < 4.78 is 64.5. The summed E-state index contributed by atoms with van der Waals surface area (Å²) in [7, 11) is 1.59. The summed E-state index contributed by atoms with van der Waals surface area (Å²) in [5, 5.41) is 0. The molecule has 0 saturated carbocycles. The number of unbranched alkanes of at least 4 members (excludes halogenated alkanes) is 2. The molecule has 5 unspecified atom stereocenters. The van der Waals surface area contributed by atoms with Gasteiger partial charge >= 0.3 is 6.16 Å². The summed E-state index contributed by atoms with van der Waals surface area (Å²) in [5.74, 6) is 0.353. The third-order valence-electron chi connectivity index (χ3n) is 6.81. The van der Waals surface area contributed by atoms with Crippen molar-refractivity contribution in [2.24, 2.45) is 0 Å². The van der Waals surface area contributed by atoms with Crippen LogP contribution in [-0.2, 0) is 30.1 Å². The molecule has 2 aromatic rings. The minimum atomic E-state index is -1.62. The Hall–Kier alpha value is -2.75. The number of rotatable bonds is 15. The standard InChI is InChI=1S/C31H42F2O7/c1-5-8-16-37-29-27(33)26(20-39-31(34)36-7-3)40-28(30(29)38-17-9-6-2)22-12-15-25(32)23(19-22)18-21-10-13-24(35-4)14-11-21/h10-15,19,26-30H,5-9,16-18,20H2,1-4H3. The zero-order valence-electron chi connectivity index (χ0n) is 23.9. The highest BCUT2D eigenvalue weighted by Crippen LogP contribution is 2.38. The minimum Gasteiger partial charge on any atom is -0.497 e. The topological polar surface area (TPSA) is 72.5 Å². The lowest BCUT2D eigenvalue weighted by molar-refractivity contribution is -0.241. The van der Waals surface area contributed by atoms with Gasteiger partial charge in [0.2, 0.25) is 0 Å². The summed E-state index contributed by atoms with van der Waals surface area (Å²) in [5.41, 5.74) is 2.00. The molecule has 2 aromatic carbocycles. The van der Waals surface area contributed by atoms with Crippen molar-refractivity contribution < 1.29 is 42.0 Å². The first-order valence-electron chi connectivity index (χ1n) is 14.1. The number of hydrogen-bond acceptors (Lipinski definition) is 7. The Labute approximate surface area is 236 Å². The molecule has 7 nitrogen and oxygen atoms in total. The van der Waals surface area contributed by atoms with Gasteiger partial charge in [-0.25, -0.2) is 13.6 Å². The van der Waals surface area contributed by atoms with Crippen molar-refractivity contribution in [3.05, 3.63) is 65.0 Å². The molecule has 222 valence electrons. The van der Waals surface area contributed by atoms with Gasteiger partial charge < -0.3 is 28.4 Å². The normalized spacial score (nSPS) is 22.6. The van der Waals surface area contributed by atoms with Gasteiger partial charge in [0, 0.05) is 19.6 Å². The number of methoxy groups -OCH3 is 1. The number of hydrogen-bond donors (Lipinski definition) is 0. The molecule has 0 amide bonds. The van der Waals surface area contributed by atoms with Crippen LogP contribution >= 0.6 is 0 Å². The van der Waals surface area contributed by atoms with Gasteiger partial charge in [-0.3, -0.25) is 0 Å². The smallest absolute Gasteiger partial charge is 0.497 e. The molecule has 9 heteroatoms. The molecule has 0 spiro atoms. The second-order valence-corrected chi connectivity index (χ2v) is 9.79. The van der Waals surface area contributed by atoms with E-state index >= 15 is 4.39 Å². The molecule has 1 saturated heterocycles. The Bertz CT molecular complexity index is 1030. The van der Waals surface area contributed by atoms with Crippen LogP contribution in [0.15, 0.2) is 42.5 Å². The Balaban J connectivity index is 1.92. The van der Waals surface area contributed by atoms with E-state index in [1.807, 2.05) is 38.1 Å². The van der Waals surface area contributed by atoms with Gasteiger partial charge in [0.05, 0.1) is 13.7 Å². The molecule has 1 aliphatic heterocycles. The Morgan fingerprint density at radius 3 is 2.23 bits per heavy atom. The van der Waals surface area contributed by atoms with Crippen molar-refractivity contribution in [3.63, 3.8) is 0 Å². The van der Waals surface area contributed by atoms with Crippen molar-refractivity contribution in [3.8, 4) is 5.75 Å². The summed E-state index contributed by atoms with van der Waals surface area (Å²) in [6, 6.07) is 12.2.